The molecule has 1 fully saturated rings. The number of rotatable bonds is 2. The molecule has 2 amide bonds. The van der Waals surface area contributed by atoms with E-state index in [1.54, 1.807) is 23.8 Å². The molecule has 0 unspecified atom stereocenters. The molecule has 2 rings (SSSR count). The van der Waals surface area contributed by atoms with Gasteiger partial charge in [-0.1, -0.05) is 51.1 Å². The van der Waals surface area contributed by atoms with Crippen molar-refractivity contribution in [1.82, 2.24) is 9.80 Å². The van der Waals surface area contributed by atoms with Gasteiger partial charge in [0.05, 0.1) is 0 Å². The molecule has 5 heteroatoms. The van der Waals surface area contributed by atoms with Crippen LogP contribution < -0.4 is 0 Å². The minimum Gasteiger partial charge on any atom is -0.444 e. The second-order valence-electron chi connectivity index (χ2n) is 6.81. The number of amides is 2. The maximum absolute atomic E-state index is 12.5. The molecule has 1 aliphatic rings. The van der Waals surface area contributed by atoms with Crippen molar-refractivity contribution < 1.29 is 14.3 Å². The largest absolute Gasteiger partial charge is 0.444 e. The van der Waals surface area contributed by atoms with Crippen molar-refractivity contribution in [3.63, 3.8) is 0 Å². The zero-order valence-electron chi connectivity index (χ0n) is 13.9. The molecule has 0 saturated carbocycles. The minimum absolute atomic E-state index is 0.0587. The van der Waals surface area contributed by atoms with E-state index in [1.807, 2.05) is 51.1 Å². The number of carbonyl (C=O) groups excluding carboxylic acids is 2. The summed E-state index contributed by atoms with van der Waals surface area (Å²) in [5.41, 5.74) is 0.677. The van der Waals surface area contributed by atoms with Gasteiger partial charge in [-0.15, -0.1) is 0 Å². The van der Waals surface area contributed by atoms with Gasteiger partial charge >= 0.3 is 6.09 Å². The van der Waals surface area contributed by atoms with Gasteiger partial charge in [0.15, 0.2) is 0 Å². The van der Waals surface area contributed by atoms with Crippen LogP contribution in [0.4, 0.5) is 4.79 Å². The van der Waals surface area contributed by atoms with Gasteiger partial charge in [-0.05, 0) is 12.5 Å². The molecule has 0 spiro atoms. The molecule has 0 radical (unpaired) electrons. The summed E-state index contributed by atoms with van der Waals surface area (Å²) in [7, 11) is 1.74. The zero-order valence-corrected chi connectivity index (χ0v) is 13.9. The summed E-state index contributed by atoms with van der Waals surface area (Å²) in [5.74, 6) is -0.0587. The summed E-state index contributed by atoms with van der Waals surface area (Å²) >= 11 is 0. The van der Waals surface area contributed by atoms with E-state index >= 15 is 0 Å². The van der Waals surface area contributed by atoms with Crippen LogP contribution in [-0.2, 0) is 16.1 Å². The average molecular weight is 304 g/mol. The van der Waals surface area contributed by atoms with Gasteiger partial charge in [0, 0.05) is 12.5 Å². The molecule has 0 bridgehead atoms. The van der Waals surface area contributed by atoms with Crippen LogP contribution in [0.25, 0.3) is 0 Å². The Morgan fingerprint density at radius 2 is 1.82 bits per heavy atom. The average Bonchev–Trinajstić information content (AvgIpc) is 2.70. The highest BCUT2D eigenvalue weighted by Crippen LogP contribution is 2.34. The van der Waals surface area contributed by atoms with Gasteiger partial charge in [0.25, 0.3) is 0 Å². The highest BCUT2D eigenvalue weighted by Gasteiger charge is 2.50. The molecule has 22 heavy (non-hydrogen) atoms. The van der Waals surface area contributed by atoms with Gasteiger partial charge in [-0.25, -0.2) is 4.79 Å². The fraction of sp³-hybridized carbons (Fsp3) is 0.529. The first-order valence-electron chi connectivity index (χ1n) is 7.49. The molecule has 0 N–H and O–H groups in total. The van der Waals surface area contributed by atoms with E-state index < -0.39 is 12.1 Å². The molecule has 1 aliphatic heterocycles. The SMILES string of the molecule is C[C@H]1C(=O)N(C)[C@H](C(C)(C)C)N1C(=O)OCc1ccccc1. The maximum Gasteiger partial charge on any atom is 0.412 e. The third-order valence-electron chi connectivity index (χ3n) is 3.94. The number of likely N-dealkylation sites (N-methyl/N-ethyl adjacent to an activating group) is 1. The van der Waals surface area contributed by atoms with E-state index in [-0.39, 0.29) is 24.1 Å². The summed E-state index contributed by atoms with van der Waals surface area (Å²) in [5, 5.41) is 0. The van der Waals surface area contributed by atoms with Crippen LogP contribution >= 0.6 is 0 Å². The lowest BCUT2D eigenvalue weighted by molar-refractivity contribution is -0.129. The quantitative estimate of drug-likeness (QED) is 0.844. The summed E-state index contributed by atoms with van der Waals surface area (Å²) in [4.78, 5) is 27.9. The minimum atomic E-state index is -0.502. The molecule has 0 aliphatic carbocycles. The van der Waals surface area contributed by atoms with Gasteiger partial charge < -0.3 is 9.64 Å². The second-order valence-corrected chi connectivity index (χ2v) is 6.81. The molecule has 2 atom stereocenters. The molecule has 120 valence electrons. The molecular weight excluding hydrogens is 280 g/mol. The number of benzene rings is 1. The Balaban J connectivity index is 2.14. The van der Waals surface area contributed by atoms with E-state index in [0.29, 0.717) is 0 Å². The highest BCUT2D eigenvalue weighted by atomic mass is 16.6. The van der Waals surface area contributed by atoms with Crippen molar-refractivity contribution in [3.05, 3.63) is 35.9 Å². The van der Waals surface area contributed by atoms with Gasteiger partial charge in [-0.3, -0.25) is 9.69 Å². The number of hydrogen-bond donors (Lipinski definition) is 0. The van der Waals surface area contributed by atoms with Crippen molar-refractivity contribution in [2.24, 2.45) is 5.41 Å². The van der Waals surface area contributed by atoms with Crippen molar-refractivity contribution in [1.29, 1.82) is 0 Å². The van der Waals surface area contributed by atoms with E-state index in [2.05, 4.69) is 0 Å². The topological polar surface area (TPSA) is 49.9 Å². The summed E-state index contributed by atoms with van der Waals surface area (Å²) in [6.07, 6.45) is -0.757. The standard InChI is InChI=1S/C17H24N2O3/c1-12-14(20)18(5)15(17(2,3)4)19(12)16(21)22-11-13-9-7-6-8-10-13/h6-10,12,15H,11H2,1-5H3/t12-,15-/m0/s1. The third kappa shape index (κ3) is 3.08. The normalized spacial score (nSPS) is 22.1. The first kappa shape index (κ1) is 16.3. The Labute approximate surface area is 131 Å². The van der Waals surface area contributed by atoms with E-state index in [9.17, 15) is 9.59 Å². The molecule has 1 heterocycles. The van der Waals surface area contributed by atoms with Crippen LogP contribution in [0.2, 0.25) is 0 Å². The van der Waals surface area contributed by atoms with Crippen molar-refractivity contribution >= 4 is 12.0 Å². The number of nitrogens with zero attached hydrogens (tertiary/aromatic N) is 2. The third-order valence-corrected chi connectivity index (χ3v) is 3.94. The summed E-state index contributed by atoms with van der Waals surface area (Å²) in [6.45, 7) is 7.98. The van der Waals surface area contributed by atoms with Crippen LogP contribution in [0, 0.1) is 5.41 Å². The fourth-order valence-corrected chi connectivity index (χ4v) is 2.98. The molecule has 1 saturated heterocycles. The van der Waals surface area contributed by atoms with Crippen LogP contribution in [0.5, 0.6) is 0 Å². The van der Waals surface area contributed by atoms with E-state index in [0.717, 1.165) is 5.56 Å². The van der Waals surface area contributed by atoms with Crippen LogP contribution in [0.1, 0.15) is 33.3 Å². The van der Waals surface area contributed by atoms with Gasteiger partial charge in [0.2, 0.25) is 5.91 Å². The Kier molecular flexibility index (Phi) is 4.44. The predicted molar refractivity (Wildman–Crippen MR) is 83.9 cm³/mol. The number of carbonyl (C=O) groups is 2. The van der Waals surface area contributed by atoms with Crippen molar-refractivity contribution in [2.45, 2.75) is 46.5 Å². The lowest BCUT2D eigenvalue weighted by Crippen LogP contribution is -2.50. The van der Waals surface area contributed by atoms with Crippen LogP contribution in [0.15, 0.2) is 30.3 Å². The van der Waals surface area contributed by atoms with E-state index in [1.165, 1.54) is 0 Å². The maximum atomic E-state index is 12.5. The highest BCUT2D eigenvalue weighted by molar-refractivity contribution is 5.89. The molecular formula is C17H24N2O3. The number of ether oxygens (including phenoxy) is 1. The Bertz CT molecular complexity index is 551. The second kappa shape index (κ2) is 5.99. The Hall–Kier alpha value is -2.04. The van der Waals surface area contributed by atoms with Crippen molar-refractivity contribution in [2.75, 3.05) is 7.05 Å². The first-order valence-corrected chi connectivity index (χ1v) is 7.49. The van der Waals surface area contributed by atoms with E-state index in [4.69, 9.17) is 4.74 Å². The van der Waals surface area contributed by atoms with Gasteiger partial charge in [-0.2, -0.15) is 0 Å². The molecule has 1 aromatic carbocycles. The fourth-order valence-electron chi connectivity index (χ4n) is 2.98. The number of hydrogen-bond acceptors (Lipinski definition) is 3. The lowest BCUT2D eigenvalue weighted by Gasteiger charge is -2.37. The Morgan fingerprint density at radius 3 is 2.36 bits per heavy atom. The first-order chi connectivity index (χ1) is 10.2. The monoisotopic (exact) mass is 304 g/mol. The molecule has 1 aromatic rings. The van der Waals surface area contributed by atoms with Crippen LogP contribution in [0.3, 0.4) is 0 Å². The summed E-state index contributed by atoms with van der Waals surface area (Å²) < 4.78 is 5.41. The molecule has 0 aromatic heterocycles. The lowest BCUT2D eigenvalue weighted by atomic mass is 9.91. The predicted octanol–water partition coefficient (Wildman–Crippen LogP) is 2.86. The zero-order chi connectivity index (χ0) is 16.5. The Morgan fingerprint density at radius 1 is 1.23 bits per heavy atom. The molecule has 5 nitrogen and oxygen atoms in total. The van der Waals surface area contributed by atoms with Gasteiger partial charge in [0.1, 0.15) is 18.8 Å². The summed E-state index contributed by atoms with van der Waals surface area (Å²) in [6, 6.07) is 9.01. The van der Waals surface area contributed by atoms with Crippen molar-refractivity contribution in [3.8, 4) is 0 Å². The smallest absolute Gasteiger partial charge is 0.412 e. The van der Waals surface area contributed by atoms with Crippen LogP contribution in [-0.4, -0.2) is 41.1 Å².